The van der Waals surface area contributed by atoms with Crippen molar-refractivity contribution in [1.29, 1.82) is 0 Å². The molecule has 1 aliphatic rings. The molecule has 7 heteroatoms. The summed E-state index contributed by atoms with van der Waals surface area (Å²) < 4.78 is 12.5. The maximum Gasteiger partial charge on any atom is 0.353 e. The van der Waals surface area contributed by atoms with Gasteiger partial charge in [0.2, 0.25) is 0 Å². The van der Waals surface area contributed by atoms with E-state index < -0.39 is 12.0 Å². The highest BCUT2D eigenvalue weighted by atomic mass is 16.7. The Hall–Kier alpha value is -3.32. The number of para-hydroxylation sites is 1. The van der Waals surface area contributed by atoms with Crippen molar-refractivity contribution in [3.63, 3.8) is 0 Å². The van der Waals surface area contributed by atoms with E-state index in [-0.39, 0.29) is 12.5 Å². The van der Waals surface area contributed by atoms with Crippen molar-refractivity contribution in [2.75, 3.05) is 13.7 Å². The molecule has 28 heavy (non-hydrogen) atoms. The number of fused-ring (bicyclic) bond motifs is 3. The summed E-state index contributed by atoms with van der Waals surface area (Å²) in [6.45, 7) is 2.47. The van der Waals surface area contributed by atoms with Crippen molar-refractivity contribution in [2.24, 2.45) is 0 Å². The molecule has 0 spiro atoms. The molecule has 0 radical (unpaired) electrons. The van der Waals surface area contributed by atoms with Gasteiger partial charge >= 0.3 is 12.0 Å². The lowest BCUT2D eigenvalue weighted by Gasteiger charge is -2.20. The lowest BCUT2D eigenvalue weighted by molar-refractivity contribution is -0.143. The van der Waals surface area contributed by atoms with Crippen LogP contribution in [0.1, 0.15) is 25.1 Å². The number of amides is 1. The Labute approximate surface area is 162 Å². The molecule has 0 bridgehead atoms. The number of hydrogen-bond donors (Lipinski definition) is 0. The Bertz CT molecular complexity index is 1030. The fraction of sp³-hybridized carbons (Fsp3) is 0.238. The molecule has 0 saturated heterocycles. The molecule has 2 aromatic carbocycles. The molecule has 7 nitrogen and oxygen atoms in total. The van der Waals surface area contributed by atoms with Crippen LogP contribution >= 0.6 is 0 Å². The average molecular weight is 380 g/mol. The molecule has 1 amide bonds. The Morgan fingerprint density at radius 3 is 2.57 bits per heavy atom. The summed E-state index contributed by atoms with van der Waals surface area (Å²) in [6, 6.07) is 15.3. The number of rotatable bonds is 6. The molecule has 144 valence electrons. The lowest BCUT2D eigenvalue weighted by Crippen LogP contribution is -2.30. The predicted molar refractivity (Wildman–Crippen MR) is 102 cm³/mol. The minimum Gasteiger partial charge on any atom is -0.494 e. The minimum absolute atomic E-state index is 0.0247. The van der Waals surface area contributed by atoms with Crippen LogP contribution in [-0.4, -0.2) is 35.3 Å². The Kier molecular flexibility index (Phi) is 4.75. The first-order valence-corrected chi connectivity index (χ1v) is 9.04. The van der Waals surface area contributed by atoms with Crippen LogP contribution in [0.3, 0.4) is 0 Å². The van der Waals surface area contributed by atoms with Crippen molar-refractivity contribution in [3.05, 3.63) is 60.3 Å². The van der Waals surface area contributed by atoms with Crippen LogP contribution in [-0.2, 0) is 9.63 Å². The van der Waals surface area contributed by atoms with Crippen LogP contribution in [0.25, 0.3) is 10.9 Å². The molecule has 1 atom stereocenters. The van der Waals surface area contributed by atoms with Crippen molar-refractivity contribution in [3.8, 4) is 11.5 Å². The summed E-state index contributed by atoms with van der Waals surface area (Å²) in [4.78, 5) is 30.6. The van der Waals surface area contributed by atoms with Crippen molar-refractivity contribution in [1.82, 2.24) is 9.63 Å². The Morgan fingerprint density at radius 1 is 1.07 bits per heavy atom. The summed E-state index contributed by atoms with van der Waals surface area (Å²) in [5.41, 5.74) is 1.42. The van der Waals surface area contributed by atoms with E-state index in [0.29, 0.717) is 18.1 Å². The van der Waals surface area contributed by atoms with Gasteiger partial charge in [-0.25, -0.2) is 4.79 Å². The van der Waals surface area contributed by atoms with Crippen LogP contribution < -0.4 is 9.47 Å². The van der Waals surface area contributed by atoms with Gasteiger partial charge < -0.3 is 9.47 Å². The van der Waals surface area contributed by atoms with Gasteiger partial charge in [0.15, 0.2) is 0 Å². The fourth-order valence-corrected chi connectivity index (χ4v) is 3.49. The van der Waals surface area contributed by atoms with Crippen LogP contribution in [0, 0.1) is 0 Å². The maximum absolute atomic E-state index is 12.8. The number of hydrogen-bond acceptors (Lipinski definition) is 5. The van der Waals surface area contributed by atoms with Gasteiger partial charge in [-0.15, -0.1) is 0 Å². The second-order valence-corrected chi connectivity index (χ2v) is 6.36. The highest BCUT2D eigenvalue weighted by Crippen LogP contribution is 2.38. The number of hydroxylamine groups is 2. The molecule has 2 heterocycles. The van der Waals surface area contributed by atoms with E-state index in [1.54, 1.807) is 28.8 Å². The molecule has 3 aromatic rings. The van der Waals surface area contributed by atoms with E-state index >= 15 is 0 Å². The highest BCUT2D eigenvalue weighted by molar-refractivity contribution is 5.96. The summed E-state index contributed by atoms with van der Waals surface area (Å²) in [5, 5.41) is 2.07. The molecule has 0 aliphatic carbocycles. The molecule has 0 N–H and O–H groups in total. The molecule has 0 fully saturated rings. The monoisotopic (exact) mass is 380 g/mol. The quantitative estimate of drug-likeness (QED) is 0.479. The highest BCUT2D eigenvalue weighted by Gasteiger charge is 2.40. The number of ether oxygens (including phenoxy) is 2. The molecule has 1 aliphatic heterocycles. The van der Waals surface area contributed by atoms with Gasteiger partial charge in [-0.05, 0) is 43.3 Å². The summed E-state index contributed by atoms with van der Waals surface area (Å²) in [7, 11) is 1.41. The van der Waals surface area contributed by atoms with Gasteiger partial charge in [-0.3, -0.25) is 14.2 Å². The van der Waals surface area contributed by atoms with Crippen LogP contribution in [0.2, 0.25) is 0 Å². The number of carbonyl (C=O) groups excluding carboxylic acids is 2. The number of carbonyl (C=O) groups is 2. The van der Waals surface area contributed by atoms with Crippen LogP contribution in [0.15, 0.2) is 54.6 Å². The second kappa shape index (κ2) is 7.36. The van der Waals surface area contributed by atoms with Gasteiger partial charge in [-0.1, -0.05) is 18.2 Å². The van der Waals surface area contributed by atoms with Crippen LogP contribution in [0.5, 0.6) is 11.5 Å². The average Bonchev–Trinajstić information content (AvgIpc) is 3.18. The van der Waals surface area contributed by atoms with Crippen molar-refractivity contribution >= 4 is 22.9 Å². The minimum atomic E-state index is -0.573. The van der Waals surface area contributed by atoms with Gasteiger partial charge in [0, 0.05) is 5.39 Å². The van der Waals surface area contributed by atoms with E-state index in [9.17, 15) is 9.59 Å². The Morgan fingerprint density at radius 2 is 1.86 bits per heavy atom. The van der Waals surface area contributed by atoms with E-state index in [4.69, 9.17) is 14.3 Å². The van der Waals surface area contributed by atoms with Crippen molar-refractivity contribution in [2.45, 2.75) is 19.4 Å². The van der Waals surface area contributed by atoms with Gasteiger partial charge in [-0.2, -0.15) is 5.06 Å². The van der Waals surface area contributed by atoms with E-state index in [1.807, 2.05) is 37.3 Å². The first-order valence-electron chi connectivity index (χ1n) is 9.04. The van der Waals surface area contributed by atoms with E-state index in [2.05, 4.69) is 0 Å². The van der Waals surface area contributed by atoms with E-state index in [1.165, 1.54) is 12.2 Å². The smallest absolute Gasteiger partial charge is 0.353 e. The molecule has 4 rings (SSSR count). The topological polar surface area (TPSA) is 70.0 Å². The van der Waals surface area contributed by atoms with Crippen molar-refractivity contribution < 1.29 is 23.9 Å². The largest absolute Gasteiger partial charge is 0.494 e. The third-order valence-corrected chi connectivity index (χ3v) is 4.65. The number of benzene rings is 2. The third kappa shape index (κ3) is 3.10. The van der Waals surface area contributed by atoms with E-state index in [0.717, 1.165) is 16.7 Å². The molecule has 0 saturated carbocycles. The summed E-state index contributed by atoms with van der Waals surface area (Å²) in [5.74, 6) is 0.748. The van der Waals surface area contributed by atoms with Gasteiger partial charge in [0.05, 0.1) is 31.3 Å². The first-order chi connectivity index (χ1) is 13.6. The first kappa shape index (κ1) is 18.1. The van der Waals surface area contributed by atoms with Crippen LogP contribution in [0.4, 0.5) is 4.79 Å². The maximum atomic E-state index is 12.8. The molecule has 1 unspecified atom stereocenters. The zero-order valence-corrected chi connectivity index (χ0v) is 15.6. The molecule has 1 aromatic heterocycles. The number of aromatic nitrogens is 1. The number of nitrogens with zero attached hydrogens (tertiary/aromatic N) is 2. The third-order valence-electron chi connectivity index (χ3n) is 4.65. The molecular weight excluding hydrogens is 360 g/mol. The molecular formula is C21H20N2O5. The normalized spacial score (nSPS) is 15.7. The SMILES string of the molecule is CCOc1ccc2c(c1)cc1n2C(=O)N(OC)C1CC(=O)Oc1ccccc1. The number of esters is 1. The zero-order chi connectivity index (χ0) is 19.7. The van der Waals surface area contributed by atoms with Gasteiger partial charge in [0.1, 0.15) is 17.5 Å². The fourth-order valence-electron chi connectivity index (χ4n) is 3.49. The second-order valence-electron chi connectivity index (χ2n) is 6.36. The summed E-state index contributed by atoms with van der Waals surface area (Å²) in [6.07, 6.45) is -0.0247. The van der Waals surface area contributed by atoms with Gasteiger partial charge in [0.25, 0.3) is 0 Å². The summed E-state index contributed by atoms with van der Waals surface area (Å²) >= 11 is 0. The zero-order valence-electron chi connectivity index (χ0n) is 15.6. The predicted octanol–water partition coefficient (Wildman–Crippen LogP) is 3.92. The lowest BCUT2D eigenvalue weighted by atomic mass is 10.1. The standard InChI is InChI=1S/C21H20N2O5/c1-3-27-16-9-10-17-14(11-16)12-18-19(23(26-2)21(25)22(17)18)13-20(24)28-15-7-5-4-6-8-15/h4-12,19H,3,13H2,1-2H3. The Balaban J connectivity index is 1.65.